The maximum Gasteiger partial charge on any atom is 0.410 e. The van der Waals surface area contributed by atoms with Gasteiger partial charge in [0.15, 0.2) is 0 Å². The molecule has 2 aromatic rings. The van der Waals surface area contributed by atoms with Crippen molar-refractivity contribution in [1.29, 1.82) is 0 Å². The molecule has 2 fully saturated rings. The maximum atomic E-state index is 11.7. The van der Waals surface area contributed by atoms with Crippen LogP contribution in [0.15, 0.2) is 47.4 Å². The third-order valence-electron chi connectivity index (χ3n) is 4.93. The van der Waals surface area contributed by atoms with Gasteiger partial charge in [0, 0.05) is 6.54 Å². The third-order valence-corrected chi connectivity index (χ3v) is 6.04. The highest BCUT2D eigenvalue weighted by molar-refractivity contribution is 8.18. The van der Waals surface area contributed by atoms with E-state index in [0.717, 1.165) is 17.3 Å². The van der Waals surface area contributed by atoms with Crippen LogP contribution >= 0.6 is 23.4 Å². The third kappa shape index (κ3) is 4.86. The Morgan fingerprint density at radius 2 is 2.00 bits per heavy atom. The minimum atomic E-state index is -0.415. The van der Waals surface area contributed by atoms with Crippen molar-refractivity contribution >= 4 is 46.7 Å². The number of hydrogen-bond acceptors (Lipinski definition) is 6. The zero-order valence-corrected chi connectivity index (χ0v) is 18.2. The second kappa shape index (κ2) is 9.03. The maximum absolute atomic E-state index is 11.7. The van der Waals surface area contributed by atoms with E-state index in [1.54, 1.807) is 29.2 Å². The number of nitrogens with one attached hydrogen (secondary N) is 1. The summed E-state index contributed by atoms with van der Waals surface area (Å²) in [7, 11) is 0. The number of amides is 3. The van der Waals surface area contributed by atoms with Crippen LogP contribution in [0, 0.1) is 0 Å². The van der Waals surface area contributed by atoms with Crippen LogP contribution < -0.4 is 10.1 Å². The van der Waals surface area contributed by atoms with Gasteiger partial charge in [0.25, 0.3) is 11.1 Å². The minimum Gasteiger partial charge on any atom is -0.456 e. The largest absolute Gasteiger partial charge is 0.456 e. The summed E-state index contributed by atoms with van der Waals surface area (Å²) < 4.78 is 11.0. The first-order chi connectivity index (χ1) is 14.9. The summed E-state index contributed by atoms with van der Waals surface area (Å²) in [6, 6.07) is 12.8. The van der Waals surface area contributed by atoms with Crippen LogP contribution in [0.1, 0.15) is 18.1 Å². The quantitative estimate of drug-likeness (QED) is 0.623. The van der Waals surface area contributed by atoms with Crippen molar-refractivity contribution in [2.75, 3.05) is 13.2 Å². The topological polar surface area (TPSA) is 84.9 Å². The van der Waals surface area contributed by atoms with Crippen LogP contribution in [-0.4, -0.2) is 41.3 Å². The molecule has 2 saturated heterocycles. The lowest BCUT2D eigenvalue weighted by molar-refractivity contribution is -0.115. The van der Waals surface area contributed by atoms with Gasteiger partial charge < -0.3 is 14.4 Å². The molecule has 4 rings (SSSR count). The molecule has 2 aliphatic heterocycles. The number of likely N-dealkylation sites (N-methyl/N-ethyl adjacent to an activating group) is 1. The summed E-state index contributed by atoms with van der Waals surface area (Å²) in [5.74, 6) is 0.685. The van der Waals surface area contributed by atoms with Gasteiger partial charge in [0.1, 0.15) is 18.1 Å². The molecule has 7 nitrogen and oxygen atoms in total. The van der Waals surface area contributed by atoms with E-state index in [0.29, 0.717) is 46.6 Å². The summed E-state index contributed by atoms with van der Waals surface area (Å²) in [5.41, 5.74) is 1.76. The first kappa shape index (κ1) is 21.3. The highest BCUT2D eigenvalue weighted by atomic mass is 35.5. The lowest BCUT2D eigenvalue weighted by Crippen LogP contribution is -2.34. The van der Waals surface area contributed by atoms with Gasteiger partial charge >= 0.3 is 6.09 Å². The molecule has 0 saturated carbocycles. The fourth-order valence-corrected chi connectivity index (χ4v) is 4.31. The number of nitrogens with zero attached hydrogens (tertiary/aromatic N) is 1. The number of carbonyl (C=O) groups is 3. The number of halogens is 1. The van der Waals surface area contributed by atoms with Crippen molar-refractivity contribution in [2.24, 2.45) is 0 Å². The molecule has 2 aromatic carbocycles. The average molecular weight is 459 g/mol. The van der Waals surface area contributed by atoms with E-state index in [4.69, 9.17) is 21.1 Å². The molecule has 160 valence electrons. The number of carbonyl (C=O) groups excluding carboxylic acids is 3. The predicted molar refractivity (Wildman–Crippen MR) is 118 cm³/mol. The fourth-order valence-electron chi connectivity index (χ4n) is 3.40. The standard InChI is InChI=1S/C22H19ClN2O5S/c1-2-25-15(12-29-22(25)28)9-13-3-6-16(7-4-13)30-18-8-5-14(10-17(18)23)11-19-20(26)24-21(27)31-19/h3-8,10-11,15H,2,9,12H2,1H3,(H,24,26,27)/b19-11+. The summed E-state index contributed by atoms with van der Waals surface area (Å²) >= 11 is 7.19. The van der Waals surface area contributed by atoms with Crippen molar-refractivity contribution in [3.05, 3.63) is 63.5 Å². The molecular formula is C22H19ClN2O5S. The molecule has 0 aliphatic carbocycles. The van der Waals surface area contributed by atoms with Crippen molar-refractivity contribution in [2.45, 2.75) is 19.4 Å². The van der Waals surface area contributed by atoms with Gasteiger partial charge in [-0.05, 0) is 66.6 Å². The van der Waals surface area contributed by atoms with Gasteiger partial charge in [0.05, 0.1) is 16.0 Å². The van der Waals surface area contributed by atoms with Crippen LogP contribution in [0.3, 0.4) is 0 Å². The Morgan fingerprint density at radius 1 is 1.23 bits per heavy atom. The Kier molecular flexibility index (Phi) is 6.20. The second-order valence-corrected chi connectivity index (χ2v) is 8.43. The first-order valence-corrected chi connectivity index (χ1v) is 10.9. The van der Waals surface area contributed by atoms with E-state index >= 15 is 0 Å². The number of imide groups is 1. The number of rotatable bonds is 6. The molecule has 3 amide bonds. The van der Waals surface area contributed by atoms with Crippen LogP contribution in [0.25, 0.3) is 6.08 Å². The van der Waals surface area contributed by atoms with Gasteiger partial charge in [0.2, 0.25) is 0 Å². The molecule has 2 aliphatic rings. The molecule has 1 unspecified atom stereocenters. The number of hydrogen-bond donors (Lipinski definition) is 1. The molecule has 1 N–H and O–H groups in total. The van der Waals surface area contributed by atoms with Crippen molar-refractivity contribution in [3.63, 3.8) is 0 Å². The van der Waals surface area contributed by atoms with E-state index in [9.17, 15) is 14.4 Å². The Hall–Kier alpha value is -2.97. The zero-order chi connectivity index (χ0) is 22.0. The van der Waals surface area contributed by atoms with Gasteiger partial charge in [-0.25, -0.2) is 4.79 Å². The van der Waals surface area contributed by atoms with Gasteiger partial charge in [-0.3, -0.25) is 14.9 Å². The smallest absolute Gasteiger partial charge is 0.410 e. The number of thioether (sulfide) groups is 1. The molecule has 1 atom stereocenters. The Labute approximate surface area is 188 Å². The SMILES string of the molecule is CCN1C(=O)OCC1Cc1ccc(Oc2ccc(/C=C3/SC(=O)NC3=O)cc2Cl)cc1. The summed E-state index contributed by atoms with van der Waals surface area (Å²) in [5, 5.41) is 2.21. The number of cyclic esters (lactones) is 1. The summed E-state index contributed by atoms with van der Waals surface area (Å²) in [4.78, 5) is 36.7. The van der Waals surface area contributed by atoms with E-state index in [1.165, 1.54) is 0 Å². The van der Waals surface area contributed by atoms with Crippen LogP contribution in [0.4, 0.5) is 9.59 Å². The molecule has 9 heteroatoms. The Balaban J connectivity index is 1.41. The Morgan fingerprint density at radius 3 is 2.65 bits per heavy atom. The van der Waals surface area contributed by atoms with E-state index < -0.39 is 5.91 Å². The van der Waals surface area contributed by atoms with Gasteiger partial charge in [-0.2, -0.15) is 0 Å². The zero-order valence-electron chi connectivity index (χ0n) is 16.6. The fraction of sp³-hybridized carbons (Fsp3) is 0.227. The molecule has 2 heterocycles. The van der Waals surface area contributed by atoms with Crippen molar-refractivity contribution in [3.8, 4) is 11.5 Å². The predicted octanol–water partition coefficient (Wildman–Crippen LogP) is 4.84. The van der Waals surface area contributed by atoms with Crippen LogP contribution in [0.5, 0.6) is 11.5 Å². The molecule has 0 radical (unpaired) electrons. The molecule has 0 bridgehead atoms. The van der Waals surface area contributed by atoms with Crippen molar-refractivity contribution < 1.29 is 23.9 Å². The van der Waals surface area contributed by atoms with E-state index in [2.05, 4.69) is 5.32 Å². The average Bonchev–Trinajstić information content (AvgIpc) is 3.25. The Bertz CT molecular complexity index is 1070. The van der Waals surface area contributed by atoms with Crippen LogP contribution in [-0.2, 0) is 16.0 Å². The lowest BCUT2D eigenvalue weighted by atomic mass is 10.1. The van der Waals surface area contributed by atoms with Crippen molar-refractivity contribution in [1.82, 2.24) is 10.2 Å². The minimum absolute atomic E-state index is 0.0378. The summed E-state index contributed by atoms with van der Waals surface area (Å²) in [6.45, 7) is 2.95. The van der Waals surface area contributed by atoms with Gasteiger partial charge in [-0.1, -0.05) is 29.8 Å². The molecule has 0 aromatic heterocycles. The molecule has 31 heavy (non-hydrogen) atoms. The highest BCUT2D eigenvalue weighted by Crippen LogP contribution is 2.32. The molecule has 0 spiro atoms. The van der Waals surface area contributed by atoms with Crippen LogP contribution in [0.2, 0.25) is 5.02 Å². The van der Waals surface area contributed by atoms with E-state index in [1.807, 2.05) is 31.2 Å². The number of ether oxygens (including phenoxy) is 2. The molecular weight excluding hydrogens is 440 g/mol. The monoisotopic (exact) mass is 458 g/mol. The highest BCUT2D eigenvalue weighted by Gasteiger charge is 2.31. The summed E-state index contributed by atoms with van der Waals surface area (Å²) in [6.07, 6.45) is 2.05. The first-order valence-electron chi connectivity index (χ1n) is 9.67. The van der Waals surface area contributed by atoms with Gasteiger partial charge in [-0.15, -0.1) is 0 Å². The van der Waals surface area contributed by atoms with E-state index in [-0.39, 0.29) is 17.4 Å². The second-order valence-electron chi connectivity index (χ2n) is 7.01. The lowest BCUT2D eigenvalue weighted by Gasteiger charge is -2.19. The normalized spacial score (nSPS) is 19.7. The number of benzene rings is 2.